The molecule has 0 N–H and O–H groups in total. The summed E-state index contributed by atoms with van der Waals surface area (Å²) in [5.74, 6) is 0.895. The summed E-state index contributed by atoms with van der Waals surface area (Å²) in [6.07, 6.45) is 7.32. The predicted octanol–water partition coefficient (Wildman–Crippen LogP) is 4.12. The minimum absolute atomic E-state index is 0.477. The largest absolute Gasteiger partial charge is 0.298 e. The second-order valence-corrected chi connectivity index (χ2v) is 7.11. The maximum Gasteiger partial charge on any atom is 0.0543 e. The van der Waals surface area contributed by atoms with E-state index in [1.54, 1.807) is 0 Å². The van der Waals surface area contributed by atoms with Gasteiger partial charge in [-0.25, -0.2) is 0 Å². The molecule has 1 aliphatic carbocycles. The van der Waals surface area contributed by atoms with Crippen molar-refractivity contribution in [3.63, 3.8) is 0 Å². The molecule has 0 bridgehead atoms. The molecule has 0 radical (unpaired) electrons. The summed E-state index contributed by atoms with van der Waals surface area (Å²) in [7, 11) is 2.25. The van der Waals surface area contributed by atoms with E-state index in [4.69, 9.17) is 0 Å². The minimum Gasteiger partial charge on any atom is -0.298 e. The van der Waals surface area contributed by atoms with Gasteiger partial charge in [0.15, 0.2) is 0 Å². The molecule has 0 atom stereocenters. The van der Waals surface area contributed by atoms with E-state index in [0.717, 1.165) is 18.5 Å². The van der Waals surface area contributed by atoms with Crippen LogP contribution in [0, 0.1) is 11.3 Å². The summed E-state index contributed by atoms with van der Waals surface area (Å²) >= 11 is 0. The molecule has 0 amide bonds. The van der Waals surface area contributed by atoms with Gasteiger partial charge in [-0.05, 0) is 56.2 Å². The zero-order valence-electron chi connectivity index (χ0n) is 12.9. The Balaban J connectivity index is 1.84. The molecule has 1 aromatic heterocycles. The summed E-state index contributed by atoms with van der Waals surface area (Å²) < 4.78 is 0. The molecule has 0 saturated heterocycles. The van der Waals surface area contributed by atoms with Gasteiger partial charge in [0.05, 0.1) is 5.69 Å². The van der Waals surface area contributed by atoms with E-state index < -0.39 is 0 Å². The van der Waals surface area contributed by atoms with Crippen LogP contribution in [0.15, 0.2) is 24.4 Å². The molecule has 1 aromatic rings. The maximum absolute atomic E-state index is 4.43. The lowest BCUT2D eigenvalue weighted by molar-refractivity contribution is 0.107. The first-order valence-corrected chi connectivity index (χ1v) is 7.57. The zero-order chi connectivity index (χ0) is 13.9. The molecule has 1 aliphatic rings. The van der Waals surface area contributed by atoms with E-state index in [-0.39, 0.29) is 0 Å². The summed E-state index contributed by atoms with van der Waals surface area (Å²) in [6, 6.07) is 6.92. The highest BCUT2D eigenvalue weighted by Gasteiger charge is 2.30. The summed E-state index contributed by atoms with van der Waals surface area (Å²) in [6.45, 7) is 8.13. The molecule has 2 rings (SSSR count). The summed E-state index contributed by atoms with van der Waals surface area (Å²) in [5.41, 5.74) is 1.66. The summed E-state index contributed by atoms with van der Waals surface area (Å²) in [5, 5.41) is 0. The molecule has 2 heteroatoms. The Morgan fingerprint density at radius 2 is 1.84 bits per heavy atom. The number of nitrogens with zero attached hydrogens (tertiary/aromatic N) is 2. The van der Waals surface area contributed by atoms with Gasteiger partial charge in [-0.15, -0.1) is 0 Å². The first kappa shape index (κ1) is 14.5. The van der Waals surface area contributed by atoms with Crippen molar-refractivity contribution < 1.29 is 0 Å². The van der Waals surface area contributed by atoms with Gasteiger partial charge in [0.1, 0.15) is 0 Å². The third-order valence-corrected chi connectivity index (χ3v) is 4.68. The molecule has 106 valence electrons. The van der Waals surface area contributed by atoms with Gasteiger partial charge >= 0.3 is 0 Å². The van der Waals surface area contributed by atoms with Crippen molar-refractivity contribution >= 4 is 0 Å². The third kappa shape index (κ3) is 4.04. The van der Waals surface area contributed by atoms with E-state index in [1.807, 2.05) is 12.3 Å². The fourth-order valence-electron chi connectivity index (χ4n) is 3.26. The SMILES string of the molecule is CN(Cc1ccccn1)[C@H]1CC[C@H](C(C)(C)C)CC1. The predicted molar refractivity (Wildman–Crippen MR) is 80.9 cm³/mol. The van der Waals surface area contributed by atoms with Gasteiger partial charge in [-0.1, -0.05) is 26.8 Å². The van der Waals surface area contributed by atoms with Crippen LogP contribution in [-0.2, 0) is 6.54 Å². The van der Waals surface area contributed by atoms with Crippen molar-refractivity contribution in [2.24, 2.45) is 11.3 Å². The van der Waals surface area contributed by atoms with Crippen LogP contribution in [0.5, 0.6) is 0 Å². The van der Waals surface area contributed by atoms with Crippen molar-refractivity contribution in [1.82, 2.24) is 9.88 Å². The van der Waals surface area contributed by atoms with E-state index in [2.05, 4.69) is 49.8 Å². The molecule has 0 unspecified atom stereocenters. The van der Waals surface area contributed by atoms with Gasteiger partial charge in [0.25, 0.3) is 0 Å². The molecule has 1 saturated carbocycles. The van der Waals surface area contributed by atoms with Crippen molar-refractivity contribution in [2.45, 2.75) is 59.0 Å². The monoisotopic (exact) mass is 260 g/mol. The van der Waals surface area contributed by atoms with E-state index in [1.165, 1.54) is 31.4 Å². The first-order valence-electron chi connectivity index (χ1n) is 7.57. The lowest BCUT2D eigenvalue weighted by Gasteiger charge is -2.39. The highest BCUT2D eigenvalue weighted by atomic mass is 15.1. The van der Waals surface area contributed by atoms with Crippen LogP contribution in [0.3, 0.4) is 0 Å². The zero-order valence-corrected chi connectivity index (χ0v) is 12.9. The van der Waals surface area contributed by atoms with Crippen LogP contribution in [0.4, 0.5) is 0 Å². The van der Waals surface area contributed by atoms with E-state index >= 15 is 0 Å². The molecule has 2 nitrogen and oxygen atoms in total. The van der Waals surface area contributed by atoms with Crippen LogP contribution in [-0.4, -0.2) is 23.0 Å². The Kier molecular flexibility index (Phi) is 4.62. The van der Waals surface area contributed by atoms with Crippen molar-refractivity contribution in [3.8, 4) is 0 Å². The molecular formula is C17H28N2. The smallest absolute Gasteiger partial charge is 0.0543 e. The average Bonchev–Trinajstić information content (AvgIpc) is 2.39. The molecule has 1 fully saturated rings. The number of hydrogen-bond donors (Lipinski definition) is 0. The number of pyridine rings is 1. The highest BCUT2D eigenvalue weighted by molar-refractivity contribution is 5.03. The second kappa shape index (κ2) is 6.04. The van der Waals surface area contributed by atoms with Crippen LogP contribution in [0.1, 0.15) is 52.1 Å². The van der Waals surface area contributed by atoms with Crippen molar-refractivity contribution in [2.75, 3.05) is 7.05 Å². The molecule has 1 heterocycles. The Morgan fingerprint density at radius 1 is 1.16 bits per heavy atom. The van der Waals surface area contributed by atoms with E-state index in [0.29, 0.717) is 5.41 Å². The fraction of sp³-hybridized carbons (Fsp3) is 0.706. The van der Waals surface area contributed by atoms with E-state index in [9.17, 15) is 0 Å². The van der Waals surface area contributed by atoms with Gasteiger partial charge in [0.2, 0.25) is 0 Å². The topological polar surface area (TPSA) is 16.1 Å². The Bertz CT molecular complexity index is 372. The highest BCUT2D eigenvalue weighted by Crippen LogP contribution is 2.38. The van der Waals surface area contributed by atoms with Crippen molar-refractivity contribution in [3.05, 3.63) is 30.1 Å². The van der Waals surface area contributed by atoms with Crippen LogP contribution in [0.2, 0.25) is 0 Å². The van der Waals surface area contributed by atoms with Gasteiger partial charge < -0.3 is 0 Å². The maximum atomic E-state index is 4.43. The van der Waals surface area contributed by atoms with Crippen molar-refractivity contribution in [1.29, 1.82) is 0 Å². The molecule has 19 heavy (non-hydrogen) atoms. The molecule has 0 spiro atoms. The van der Waals surface area contributed by atoms with Crippen LogP contribution < -0.4 is 0 Å². The second-order valence-electron chi connectivity index (χ2n) is 7.11. The third-order valence-electron chi connectivity index (χ3n) is 4.68. The first-order chi connectivity index (χ1) is 8.97. The molecule has 0 aromatic carbocycles. The lowest BCUT2D eigenvalue weighted by atomic mass is 9.71. The summed E-state index contributed by atoms with van der Waals surface area (Å²) in [4.78, 5) is 6.91. The number of aromatic nitrogens is 1. The Morgan fingerprint density at radius 3 is 2.37 bits per heavy atom. The molecule has 0 aliphatic heterocycles. The average molecular weight is 260 g/mol. The van der Waals surface area contributed by atoms with Crippen LogP contribution >= 0.6 is 0 Å². The fourth-order valence-corrected chi connectivity index (χ4v) is 3.26. The number of hydrogen-bond acceptors (Lipinski definition) is 2. The molecular weight excluding hydrogens is 232 g/mol. The van der Waals surface area contributed by atoms with Gasteiger partial charge in [-0.2, -0.15) is 0 Å². The minimum atomic E-state index is 0.477. The quantitative estimate of drug-likeness (QED) is 0.812. The standard InChI is InChI=1S/C17H28N2/c1-17(2,3)14-8-10-16(11-9-14)19(4)13-15-7-5-6-12-18-15/h5-7,12,14,16H,8-11,13H2,1-4H3/t14-,16-. The van der Waals surface area contributed by atoms with Gasteiger partial charge in [-0.3, -0.25) is 9.88 Å². The number of rotatable bonds is 3. The Labute approximate surface area is 118 Å². The van der Waals surface area contributed by atoms with Crippen LogP contribution in [0.25, 0.3) is 0 Å². The Hall–Kier alpha value is -0.890. The lowest BCUT2D eigenvalue weighted by Crippen LogP contribution is -2.37. The van der Waals surface area contributed by atoms with Gasteiger partial charge in [0, 0.05) is 18.8 Å². The normalized spacial score (nSPS) is 24.7.